The zero-order chi connectivity index (χ0) is 14.1. The summed E-state index contributed by atoms with van der Waals surface area (Å²) in [7, 11) is 0. The van der Waals surface area contributed by atoms with Gasteiger partial charge in [0.2, 0.25) is 0 Å². The van der Waals surface area contributed by atoms with Gasteiger partial charge in [0.1, 0.15) is 6.07 Å². The Labute approximate surface area is 116 Å². The molecule has 1 heterocycles. The molecular weight excluding hydrogens is 262 g/mol. The molecule has 0 radical (unpaired) electrons. The van der Waals surface area contributed by atoms with E-state index in [2.05, 4.69) is 0 Å². The number of nitriles is 1. The van der Waals surface area contributed by atoms with Gasteiger partial charge in [-0.2, -0.15) is 5.26 Å². The van der Waals surface area contributed by atoms with Gasteiger partial charge in [0.15, 0.2) is 11.6 Å². The maximum atomic E-state index is 14.2. The molecule has 2 aliphatic rings. The molecule has 1 aromatic carbocycles. The molecule has 2 fully saturated rings. The van der Waals surface area contributed by atoms with Crippen LogP contribution >= 0.6 is 0 Å². The number of nitrogens with zero attached hydrogens (tertiary/aromatic N) is 2. The number of fused-ring (bicyclic) bond motifs is 1. The minimum absolute atomic E-state index is 0.107. The Balaban J connectivity index is 1.95. The molecule has 5 heteroatoms. The lowest BCUT2D eigenvalue weighted by Crippen LogP contribution is -2.53. The van der Waals surface area contributed by atoms with Crippen LogP contribution in [0.25, 0.3) is 0 Å². The van der Waals surface area contributed by atoms with Crippen molar-refractivity contribution in [2.24, 2.45) is 0 Å². The largest absolute Gasteiger partial charge is 0.374 e. The van der Waals surface area contributed by atoms with Gasteiger partial charge in [-0.1, -0.05) is 12.8 Å². The van der Waals surface area contributed by atoms with Crippen molar-refractivity contribution in [1.29, 1.82) is 5.26 Å². The fourth-order valence-electron chi connectivity index (χ4n) is 3.24. The number of morpholine rings is 1. The molecule has 0 bridgehead atoms. The molecule has 2 unspecified atom stereocenters. The highest BCUT2D eigenvalue weighted by Gasteiger charge is 2.35. The van der Waals surface area contributed by atoms with Crippen LogP contribution in [0, 0.1) is 23.0 Å². The molecule has 20 heavy (non-hydrogen) atoms. The van der Waals surface area contributed by atoms with E-state index in [1.807, 2.05) is 4.90 Å². The summed E-state index contributed by atoms with van der Waals surface area (Å²) < 4.78 is 33.7. The first-order valence-electron chi connectivity index (χ1n) is 6.98. The van der Waals surface area contributed by atoms with Crippen molar-refractivity contribution < 1.29 is 13.5 Å². The second-order valence-corrected chi connectivity index (χ2v) is 5.33. The molecule has 1 saturated heterocycles. The van der Waals surface area contributed by atoms with Gasteiger partial charge >= 0.3 is 0 Å². The summed E-state index contributed by atoms with van der Waals surface area (Å²) in [5.41, 5.74) is 0.00130. The average molecular weight is 278 g/mol. The van der Waals surface area contributed by atoms with Crippen molar-refractivity contribution in [3.8, 4) is 6.07 Å². The normalized spacial score (nSPS) is 25.9. The summed E-state index contributed by atoms with van der Waals surface area (Å²) in [6.07, 6.45) is 4.23. The van der Waals surface area contributed by atoms with Crippen LogP contribution < -0.4 is 4.90 Å². The minimum Gasteiger partial charge on any atom is -0.374 e. The van der Waals surface area contributed by atoms with Gasteiger partial charge in [0, 0.05) is 6.54 Å². The van der Waals surface area contributed by atoms with E-state index in [0.717, 1.165) is 25.7 Å². The quantitative estimate of drug-likeness (QED) is 0.792. The molecular formula is C15H16F2N2O. The van der Waals surface area contributed by atoms with Crippen molar-refractivity contribution in [1.82, 2.24) is 0 Å². The summed E-state index contributed by atoms with van der Waals surface area (Å²) in [4.78, 5) is 1.91. The summed E-state index contributed by atoms with van der Waals surface area (Å²) in [5.74, 6) is -1.97. The molecule has 0 spiro atoms. The van der Waals surface area contributed by atoms with Crippen LogP contribution in [0.15, 0.2) is 12.1 Å². The SMILES string of the molecule is N#Cc1ccc(N2CCOC3CCCCC32)c(F)c1F. The van der Waals surface area contributed by atoms with Gasteiger partial charge in [0.05, 0.1) is 30.0 Å². The highest BCUT2D eigenvalue weighted by Crippen LogP contribution is 2.34. The van der Waals surface area contributed by atoms with Crippen LogP contribution in [0.3, 0.4) is 0 Å². The predicted octanol–water partition coefficient (Wildman–Crippen LogP) is 2.98. The standard InChI is InChI=1S/C15H16F2N2O/c16-14-10(9-18)5-6-12(15(14)17)19-7-8-20-13-4-2-1-3-11(13)19/h5-6,11,13H,1-4,7-8H2. The second-order valence-electron chi connectivity index (χ2n) is 5.33. The van der Waals surface area contributed by atoms with Gasteiger partial charge in [0.25, 0.3) is 0 Å². The van der Waals surface area contributed by atoms with Crippen LogP contribution in [-0.2, 0) is 4.74 Å². The predicted molar refractivity (Wildman–Crippen MR) is 70.4 cm³/mol. The zero-order valence-corrected chi connectivity index (χ0v) is 11.1. The number of hydrogen-bond acceptors (Lipinski definition) is 3. The molecule has 0 N–H and O–H groups in total. The number of ether oxygens (including phenoxy) is 1. The number of rotatable bonds is 1. The van der Waals surface area contributed by atoms with Crippen molar-refractivity contribution in [2.45, 2.75) is 37.8 Å². The minimum atomic E-state index is -1.05. The lowest BCUT2D eigenvalue weighted by Gasteiger charge is -2.45. The maximum absolute atomic E-state index is 14.2. The lowest BCUT2D eigenvalue weighted by atomic mass is 9.89. The molecule has 1 saturated carbocycles. The Bertz CT molecular complexity index is 554. The van der Waals surface area contributed by atoms with Gasteiger partial charge in [-0.15, -0.1) is 0 Å². The maximum Gasteiger partial charge on any atom is 0.183 e. The van der Waals surface area contributed by atoms with E-state index in [1.165, 1.54) is 12.1 Å². The Hall–Kier alpha value is -1.67. The summed E-state index contributed by atoms with van der Waals surface area (Å²) >= 11 is 0. The van der Waals surface area contributed by atoms with Crippen molar-refractivity contribution in [2.75, 3.05) is 18.1 Å². The van der Waals surface area contributed by atoms with E-state index in [0.29, 0.717) is 13.2 Å². The highest BCUT2D eigenvalue weighted by molar-refractivity contribution is 5.53. The van der Waals surface area contributed by atoms with Crippen molar-refractivity contribution >= 4 is 5.69 Å². The van der Waals surface area contributed by atoms with E-state index in [4.69, 9.17) is 10.00 Å². The fraction of sp³-hybridized carbons (Fsp3) is 0.533. The number of hydrogen-bond donors (Lipinski definition) is 0. The van der Waals surface area contributed by atoms with E-state index < -0.39 is 11.6 Å². The smallest absolute Gasteiger partial charge is 0.183 e. The first kappa shape index (κ1) is 13.3. The molecule has 3 rings (SSSR count). The average Bonchev–Trinajstić information content (AvgIpc) is 2.50. The molecule has 0 aromatic heterocycles. The lowest BCUT2D eigenvalue weighted by molar-refractivity contribution is -0.00895. The highest BCUT2D eigenvalue weighted by atomic mass is 19.2. The third-order valence-electron chi connectivity index (χ3n) is 4.22. The number of benzene rings is 1. The summed E-state index contributed by atoms with van der Waals surface area (Å²) in [6, 6.07) is 4.63. The molecule has 1 aliphatic heterocycles. The Morgan fingerprint density at radius 1 is 1.20 bits per heavy atom. The summed E-state index contributed by atoms with van der Waals surface area (Å²) in [6.45, 7) is 1.09. The Morgan fingerprint density at radius 3 is 2.80 bits per heavy atom. The van der Waals surface area contributed by atoms with Crippen LogP contribution in [0.4, 0.5) is 14.5 Å². The third-order valence-corrected chi connectivity index (χ3v) is 4.22. The topological polar surface area (TPSA) is 36.3 Å². The monoisotopic (exact) mass is 278 g/mol. The van der Waals surface area contributed by atoms with E-state index in [-0.39, 0.29) is 23.4 Å². The zero-order valence-electron chi connectivity index (χ0n) is 11.1. The van der Waals surface area contributed by atoms with Crippen LogP contribution in [0.1, 0.15) is 31.2 Å². The Kier molecular flexibility index (Phi) is 3.58. The third kappa shape index (κ3) is 2.14. The first-order chi connectivity index (χ1) is 9.72. The molecule has 2 atom stereocenters. The van der Waals surface area contributed by atoms with Crippen molar-refractivity contribution in [3.63, 3.8) is 0 Å². The van der Waals surface area contributed by atoms with Crippen molar-refractivity contribution in [3.05, 3.63) is 29.3 Å². The molecule has 0 amide bonds. The number of anilines is 1. The van der Waals surface area contributed by atoms with E-state index in [9.17, 15) is 8.78 Å². The molecule has 1 aliphatic carbocycles. The van der Waals surface area contributed by atoms with Gasteiger partial charge in [-0.3, -0.25) is 0 Å². The van der Waals surface area contributed by atoms with Gasteiger partial charge < -0.3 is 9.64 Å². The molecule has 106 valence electrons. The first-order valence-corrected chi connectivity index (χ1v) is 6.98. The second kappa shape index (κ2) is 5.37. The number of halogens is 2. The molecule has 3 nitrogen and oxygen atoms in total. The van der Waals surface area contributed by atoms with Gasteiger partial charge in [-0.25, -0.2) is 8.78 Å². The van der Waals surface area contributed by atoms with E-state index in [1.54, 1.807) is 6.07 Å². The van der Waals surface area contributed by atoms with Gasteiger partial charge in [-0.05, 0) is 25.0 Å². The fourth-order valence-corrected chi connectivity index (χ4v) is 3.24. The summed E-state index contributed by atoms with van der Waals surface area (Å²) in [5, 5.41) is 8.74. The van der Waals surface area contributed by atoms with Crippen LogP contribution in [0.2, 0.25) is 0 Å². The molecule has 1 aromatic rings. The van der Waals surface area contributed by atoms with Crippen LogP contribution in [-0.4, -0.2) is 25.3 Å². The Morgan fingerprint density at radius 2 is 2.00 bits per heavy atom. The van der Waals surface area contributed by atoms with E-state index >= 15 is 0 Å². The van der Waals surface area contributed by atoms with Crippen LogP contribution in [0.5, 0.6) is 0 Å².